The Morgan fingerprint density at radius 2 is 2.04 bits per heavy atom. The van der Waals surface area contributed by atoms with Crippen molar-refractivity contribution in [3.05, 3.63) is 35.4 Å². The average molecular weight is 345 g/mol. The molecule has 5 heteroatoms. The molecule has 0 saturated carbocycles. The molecule has 1 amide bonds. The summed E-state index contributed by atoms with van der Waals surface area (Å²) in [6.45, 7) is 6.99. The van der Waals surface area contributed by atoms with Crippen LogP contribution in [-0.2, 0) is 22.6 Å². The third kappa shape index (κ3) is 6.10. The van der Waals surface area contributed by atoms with Crippen LogP contribution >= 0.6 is 0 Å². The Morgan fingerprint density at radius 3 is 2.80 bits per heavy atom. The number of hydrogen-bond donors (Lipinski definition) is 1. The van der Waals surface area contributed by atoms with Crippen molar-refractivity contribution >= 4 is 5.91 Å². The lowest BCUT2D eigenvalue weighted by Gasteiger charge is -2.32. The standard InChI is InChI=1S/C20H31N3O2/c1-22-9-11-23(12-10-22)16-18-5-2-4-17(14-18)15-21-20(24)8-7-19-6-3-13-25-19/h2,4-5,14,19H,3,6-13,15-16H2,1H3,(H,21,24). The van der Waals surface area contributed by atoms with Crippen LogP contribution in [0.2, 0.25) is 0 Å². The van der Waals surface area contributed by atoms with Crippen molar-refractivity contribution in [3.8, 4) is 0 Å². The van der Waals surface area contributed by atoms with Gasteiger partial charge in [-0.25, -0.2) is 0 Å². The molecule has 1 atom stereocenters. The largest absolute Gasteiger partial charge is 0.378 e. The Balaban J connectivity index is 1.40. The van der Waals surface area contributed by atoms with Crippen molar-refractivity contribution < 1.29 is 9.53 Å². The third-order valence-electron chi connectivity index (χ3n) is 5.20. The van der Waals surface area contributed by atoms with E-state index in [1.165, 1.54) is 11.1 Å². The lowest BCUT2D eigenvalue weighted by Crippen LogP contribution is -2.43. The van der Waals surface area contributed by atoms with Crippen LogP contribution in [0.5, 0.6) is 0 Å². The zero-order valence-corrected chi connectivity index (χ0v) is 15.4. The van der Waals surface area contributed by atoms with Gasteiger partial charge in [0, 0.05) is 52.3 Å². The summed E-state index contributed by atoms with van der Waals surface area (Å²) < 4.78 is 5.57. The van der Waals surface area contributed by atoms with Gasteiger partial charge in [0.25, 0.3) is 0 Å². The lowest BCUT2D eigenvalue weighted by atomic mass is 10.1. The van der Waals surface area contributed by atoms with E-state index in [-0.39, 0.29) is 12.0 Å². The van der Waals surface area contributed by atoms with Gasteiger partial charge in [-0.3, -0.25) is 9.69 Å². The summed E-state index contributed by atoms with van der Waals surface area (Å²) in [6.07, 6.45) is 3.92. The molecule has 1 aromatic rings. The number of benzene rings is 1. The molecule has 25 heavy (non-hydrogen) atoms. The summed E-state index contributed by atoms with van der Waals surface area (Å²) in [6, 6.07) is 8.59. The van der Waals surface area contributed by atoms with Gasteiger partial charge in [-0.05, 0) is 37.4 Å². The number of nitrogens with one attached hydrogen (secondary N) is 1. The molecule has 2 fully saturated rings. The smallest absolute Gasteiger partial charge is 0.220 e. The molecular weight excluding hydrogens is 314 g/mol. The van der Waals surface area contributed by atoms with Gasteiger partial charge >= 0.3 is 0 Å². The molecule has 0 bridgehead atoms. The summed E-state index contributed by atoms with van der Waals surface area (Å²) in [7, 11) is 2.18. The van der Waals surface area contributed by atoms with Gasteiger partial charge in [0.2, 0.25) is 5.91 Å². The van der Waals surface area contributed by atoms with Gasteiger partial charge in [0.1, 0.15) is 0 Å². The lowest BCUT2D eigenvalue weighted by molar-refractivity contribution is -0.121. The van der Waals surface area contributed by atoms with Crippen LogP contribution in [0.25, 0.3) is 0 Å². The fourth-order valence-electron chi connectivity index (χ4n) is 3.56. The number of carbonyl (C=O) groups is 1. The molecule has 0 aromatic heterocycles. The maximum Gasteiger partial charge on any atom is 0.220 e. The predicted octanol–water partition coefficient (Wildman–Crippen LogP) is 2.01. The minimum absolute atomic E-state index is 0.125. The van der Waals surface area contributed by atoms with E-state index in [0.29, 0.717) is 13.0 Å². The van der Waals surface area contributed by atoms with Crippen molar-refractivity contribution in [2.45, 2.75) is 44.9 Å². The summed E-state index contributed by atoms with van der Waals surface area (Å²) in [5.41, 5.74) is 2.51. The Kier molecular flexibility index (Phi) is 6.84. The molecule has 138 valence electrons. The number of rotatable bonds is 7. The second-order valence-corrected chi connectivity index (χ2v) is 7.35. The first kappa shape index (κ1) is 18.4. The fourth-order valence-corrected chi connectivity index (χ4v) is 3.56. The maximum absolute atomic E-state index is 12.0. The van der Waals surface area contributed by atoms with E-state index in [1.54, 1.807) is 0 Å². The summed E-state index contributed by atoms with van der Waals surface area (Å²) in [5, 5.41) is 3.04. The quantitative estimate of drug-likeness (QED) is 0.821. The molecule has 2 aliphatic rings. The van der Waals surface area contributed by atoms with E-state index in [9.17, 15) is 4.79 Å². The Hall–Kier alpha value is -1.43. The second kappa shape index (κ2) is 9.32. The first-order chi connectivity index (χ1) is 12.2. The van der Waals surface area contributed by atoms with Gasteiger partial charge in [0.05, 0.1) is 6.10 Å². The molecule has 2 heterocycles. The minimum atomic E-state index is 0.125. The highest BCUT2D eigenvalue weighted by molar-refractivity contribution is 5.75. The van der Waals surface area contributed by atoms with Crippen molar-refractivity contribution in [2.75, 3.05) is 39.8 Å². The van der Waals surface area contributed by atoms with E-state index in [1.807, 2.05) is 0 Å². The summed E-state index contributed by atoms with van der Waals surface area (Å²) in [4.78, 5) is 16.9. The molecule has 1 unspecified atom stereocenters. The zero-order chi connectivity index (χ0) is 17.5. The number of piperazine rings is 1. The van der Waals surface area contributed by atoms with E-state index in [4.69, 9.17) is 4.74 Å². The van der Waals surface area contributed by atoms with Gasteiger partial charge in [-0.15, -0.1) is 0 Å². The molecule has 0 aliphatic carbocycles. The number of ether oxygens (including phenoxy) is 1. The van der Waals surface area contributed by atoms with E-state index in [2.05, 4.69) is 46.4 Å². The Labute approximate surface area is 151 Å². The normalized spacial score (nSPS) is 22.2. The molecule has 1 aromatic carbocycles. The average Bonchev–Trinajstić information content (AvgIpc) is 3.14. The maximum atomic E-state index is 12.0. The SMILES string of the molecule is CN1CCN(Cc2cccc(CNC(=O)CCC3CCCO3)c2)CC1. The molecule has 0 spiro atoms. The van der Waals surface area contributed by atoms with Gasteiger partial charge in [-0.2, -0.15) is 0 Å². The monoisotopic (exact) mass is 345 g/mol. The first-order valence-electron chi connectivity index (χ1n) is 9.56. The highest BCUT2D eigenvalue weighted by Crippen LogP contribution is 2.16. The fraction of sp³-hybridized carbons (Fsp3) is 0.650. The van der Waals surface area contributed by atoms with Gasteiger partial charge < -0.3 is 15.0 Å². The number of likely N-dealkylation sites (N-methyl/N-ethyl adjacent to an activating group) is 1. The summed E-state index contributed by atoms with van der Waals surface area (Å²) >= 11 is 0. The van der Waals surface area contributed by atoms with E-state index in [0.717, 1.165) is 58.6 Å². The van der Waals surface area contributed by atoms with Crippen LogP contribution in [-0.4, -0.2) is 61.6 Å². The number of nitrogens with zero attached hydrogens (tertiary/aromatic N) is 2. The highest BCUT2D eigenvalue weighted by Gasteiger charge is 2.17. The third-order valence-corrected chi connectivity index (χ3v) is 5.20. The highest BCUT2D eigenvalue weighted by atomic mass is 16.5. The van der Waals surface area contributed by atoms with Crippen molar-refractivity contribution in [3.63, 3.8) is 0 Å². The molecule has 2 aliphatic heterocycles. The number of amides is 1. The van der Waals surface area contributed by atoms with Crippen LogP contribution in [0.15, 0.2) is 24.3 Å². The molecule has 2 saturated heterocycles. The molecule has 1 N–H and O–H groups in total. The molecule has 5 nitrogen and oxygen atoms in total. The number of hydrogen-bond acceptors (Lipinski definition) is 4. The summed E-state index contributed by atoms with van der Waals surface area (Å²) in [5.74, 6) is 0.125. The zero-order valence-electron chi connectivity index (χ0n) is 15.4. The van der Waals surface area contributed by atoms with E-state index >= 15 is 0 Å². The topological polar surface area (TPSA) is 44.8 Å². The first-order valence-corrected chi connectivity index (χ1v) is 9.56. The van der Waals surface area contributed by atoms with Crippen LogP contribution in [0, 0.1) is 0 Å². The van der Waals surface area contributed by atoms with Crippen LogP contribution in [0.4, 0.5) is 0 Å². The van der Waals surface area contributed by atoms with Gasteiger partial charge in [0.15, 0.2) is 0 Å². The molecule has 0 radical (unpaired) electrons. The van der Waals surface area contributed by atoms with Crippen LogP contribution in [0.3, 0.4) is 0 Å². The van der Waals surface area contributed by atoms with Crippen molar-refractivity contribution in [2.24, 2.45) is 0 Å². The van der Waals surface area contributed by atoms with Crippen molar-refractivity contribution in [1.29, 1.82) is 0 Å². The van der Waals surface area contributed by atoms with Crippen molar-refractivity contribution in [1.82, 2.24) is 15.1 Å². The molecule has 3 rings (SSSR count). The van der Waals surface area contributed by atoms with Crippen LogP contribution in [0.1, 0.15) is 36.8 Å². The second-order valence-electron chi connectivity index (χ2n) is 7.35. The Bertz CT molecular complexity index is 550. The molecular formula is C20H31N3O2. The van der Waals surface area contributed by atoms with Gasteiger partial charge in [-0.1, -0.05) is 24.3 Å². The van der Waals surface area contributed by atoms with Crippen LogP contribution < -0.4 is 5.32 Å². The predicted molar refractivity (Wildman–Crippen MR) is 99.3 cm³/mol. The Morgan fingerprint density at radius 1 is 1.24 bits per heavy atom. The minimum Gasteiger partial charge on any atom is -0.378 e. The number of carbonyl (C=O) groups excluding carboxylic acids is 1. The van der Waals surface area contributed by atoms with E-state index < -0.39 is 0 Å².